The van der Waals surface area contributed by atoms with Crippen LogP contribution in [0.4, 0.5) is 0 Å². The van der Waals surface area contributed by atoms with Gasteiger partial charge in [-0.2, -0.15) is 11.3 Å². The Morgan fingerprint density at radius 1 is 1.00 bits per heavy atom. The highest BCUT2D eigenvalue weighted by Gasteiger charge is 2.49. The first-order chi connectivity index (χ1) is 11.2. The molecule has 1 unspecified atom stereocenters. The summed E-state index contributed by atoms with van der Waals surface area (Å²) >= 11 is 1.58. The lowest BCUT2D eigenvalue weighted by atomic mass is 9.94. The number of nitrogens with zero attached hydrogens (tertiary/aromatic N) is 1. The Balaban J connectivity index is 1.89. The van der Waals surface area contributed by atoms with E-state index in [1.165, 1.54) is 0 Å². The highest BCUT2D eigenvalue weighted by Crippen LogP contribution is 2.42. The fourth-order valence-electron chi connectivity index (χ4n) is 3.14. The number of thiophene rings is 1. The minimum absolute atomic E-state index is 0.141. The Kier molecular flexibility index (Phi) is 3.29. The molecule has 0 radical (unpaired) electrons. The van der Waals surface area contributed by atoms with Gasteiger partial charge in [-0.15, -0.1) is 0 Å². The molecule has 2 aromatic carbocycles. The van der Waals surface area contributed by atoms with Crippen LogP contribution in [0, 0.1) is 0 Å². The summed E-state index contributed by atoms with van der Waals surface area (Å²) in [6, 6.07) is 18.6. The third-order valence-electron chi connectivity index (χ3n) is 4.27. The van der Waals surface area contributed by atoms with Gasteiger partial charge in [0.05, 0.1) is 6.54 Å². The number of fused-ring (bicyclic) bond motifs is 1. The van der Waals surface area contributed by atoms with Crippen LogP contribution in [-0.2, 0) is 12.3 Å². The third-order valence-corrected chi connectivity index (χ3v) is 5.00. The van der Waals surface area contributed by atoms with Crippen molar-refractivity contribution in [2.75, 3.05) is 0 Å². The van der Waals surface area contributed by atoms with Crippen LogP contribution in [-0.4, -0.2) is 15.9 Å². The molecule has 3 nitrogen and oxygen atoms in total. The number of amides is 1. The van der Waals surface area contributed by atoms with Gasteiger partial charge >= 0.3 is 0 Å². The lowest BCUT2D eigenvalue weighted by Crippen LogP contribution is -2.44. The smallest absolute Gasteiger partial charge is 0.257 e. The summed E-state index contributed by atoms with van der Waals surface area (Å²) in [5, 5.41) is 15.5. The van der Waals surface area contributed by atoms with Crippen molar-refractivity contribution in [3.8, 4) is 0 Å². The zero-order valence-corrected chi connectivity index (χ0v) is 13.2. The zero-order valence-electron chi connectivity index (χ0n) is 12.3. The van der Waals surface area contributed by atoms with Gasteiger partial charge in [0.25, 0.3) is 5.91 Å². The van der Waals surface area contributed by atoms with Crippen LogP contribution in [0.1, 0.15) is 27.0 Å². The van der Waals surface area contributed by atoms with Gasteiger partial charge in [-0.25, -0.2) is 0 Å². The third kappa shape index (κ3) is 2.11. The number of carbonyl (C=O) groups is 1. The van der Waals surface area contributed by atoms with Crippen molar-refractivity contribution in [1.82, 2.24) is 4.90 Å². The fourth-order valence-corrected chi connectivity index (χ4v) is 3.80. The highest BCUT2D eigenvalue weighted by molar-refractivity contribution is 7.07. The van der Waals surface area contributed by atoms with Gasteiger partial charge in [0.15, 0.2) is 5.72 Å². The maximum absolute atomic E-state index is 12.9. The van der Waals surface area contributed by atoms with Crippen molar-refractivity contribution >= 4 is 17.2 Å². The molecule has 2 heterocycles. The maximum atomic E-state index is 12.9. The molecular formula is C19H15NO2S. The topological polar surface area (TPSA) is 40.5 Å². The number of aliphatic hydroxyl groups is 1. The summed E-state index contributed by atoms with van der Waals surface area (Å²) in [6.45, 7) is 0.377. The molecule has 1 aliphatic rings. The van der Waals surface area contributed by atoms with E-state index >= 15 is 0 Å². The average molecular weight is 321 g/mol. The van der Waals surface area contributed by atoms with Gasteiger partial charge in [-0.3, -0.25) is 9.69 Å². The van der Waals surface area contributed by atoms with Crippen LogP contribution in [0.2, 0.25) is 0 Å². The first-order valence-corrected chi connectivity index (χ1v) is 8.36. The molecule has 0 saturated carbocycles. The van der Waals surface area contributed by atoms with Gasteiger partial charge in [-0.05, 0) is 28.5 Å². The predicted molar refractivity (Wildman–Crippen MR) is 90.1 cm³/mol. The van der Waals surface area contributed by atoms with Crippen LogP contribution in [0.25, 0.3) is 0 Å². The second-order valence-corrected chi connectivity index (χ2v) is 6.39. The monoisotopic (exact) mass is 321 g/mol. The van der Waals surface area contributed by atoms with Crippen LogP contribution in [0.15, 0.2) is 71.4 Å². The summed E-state index contributed by atoms with van der Waals surface area (Å²) in [4.78, 5) is 14.4. The molecule has 3 aromatic rings. The van der Waals surface area contributed by atoms with Gasteiger partial charge in [0.1, 0.15) is 0 Å². The quantitative estimate of drug-likeness (QED) is 0.801. The molecule has 1 aromatic heterocycles. The Morgan fingerprint density at radius 3 is 2.48 bits per heavy atom. The molecule has 1 amide bonds. The number of hydrogen-bond acceptors (Lipinski definition) is 3. The van der Waals surface area contributed by atoms with E-state index in [4.69, 9.17) is 0 Å². The second kappa shape index (κ2) is 5.33. The standard InChI is InChI=1S/C19H15NO2S/c21-18-16-8-4-5-9-17(16)19(22,15-6-2-1-3-7-15)20(18)12-14-10-11-23-13-14/h1-11,13,22H,12H2. The molecule has 114 valence electrons. The second-order valence-electron chi connectivity index (χ2n) is 5.61. The van der Waals surface area contributed by atoms with Crippen molar-refractivity contribution in [1.29, 1.82) is 0 Å². The van der Waals surface area contributed by atoms with E-state index in [1.54, 1.807) is 22.3 Å². The predicted octanol–water partition coefficient (Wildman–Crippen LogP) is 3.60. The molecule has 0 aliphatic carbocycles. The summed E-state index contributed by atoms with van der Waals surface area (Å²) < 4.78 is 0. The van der Waals surface area contributed by atoms with Gasteiger partial charge < -0.3 is 5.11 Å². The summed E-state index contributed by atoms with van der Waals surface area (Å²) in [5.74, 6) is -0.141. The molecule has 0 saturated heterocycles. The Hall–Kier alpha value is -2.43. The number of rotatable bonds is 3. The van der Waals surface area contributed by atoms with Gasteiger partial charge in [-0.1, -0.05) is 48.5 Å². The SMILES string of the molecule is O=C1c2ccccc2C(O)(c2ccccc2)N1Cc1ccsc1. The zero-order chi connectivity index (χ0) is 15.9. The Labute approximate surface area is 138 Å². The minimum atomic E-state index is -1.43. The fraction of sp³-hybridized carbons (Fsp3) is 0.105. The molecule has 4 heteroatoms. The van der Waals surface area contributed by atoms with E-state index in [1.807, 2.05) is 65.4 Å². The molecule has 1 aliphatic heterocycles. The maximum Gasteiger partial charge on any atom is 0.257 e. The van der Waals surface area contributed by atoms with E-state index in [-0.39, 0.29) is 5.91 Å². The van der Waals surface area contributed by atoms with Crippen LogP contribution < -0.4 is 0 Å². The largest absolute Gasteiger partial charge is 0.363 e. The highest BCUT2D eigenvalue weighted by atomic mass is 32.1. The number of benzene rings is 2. The summed E-state index contributed by atoms with van der Waals surface area (Å²) in [6.07, 6.45) is 0. The molecule has 0 bridgehead atoms. The molecule has 0 fully saturated rings. The Morgan fingerprint density at radius 2 is 1.74 bits per heavy atom. The van der Waals surface area contributed by atoms with Crippen molar-refractivity contribution in [3.05, 3.63) is 93.7 Å². The molecule has 4 rings (SSSR count). The lowest BCUT2D eigenvalue weighted by molar-refractivity contribution is -0.0542. The van der Waals surface area contributed by atoms with E-state index in [2.05, 4.69) is 0 Å². The molecule has 0 spiro atoms. The van der Waals surface area contributed by atoms with E-state index < -0.39 is 5.72 Å². The van der Waals surface area contributed by atoms with Crippen LogP contribution in [0.5, 0.6) is 0 Å². The number of carbonyl (C=O) groups excluding carboxylic acids is 1. The van der Waals surface area contributed by atoms with E-state index in [9.17, 15) is 9.90 Å². The van der Waals surface area contributed by atoms with Crippen LogP contribution >= 0.6 is 11.3 Å². The molecular weight excluding hydrogens is 306 g/mol. The van der Waals surface area contributed by atoms with Crippen molar-refractivity contribution in [3.63, 3.8) is 0 Å². The average Bonchev–Trinajstić information content (AvgIpc) is 3.19. The minimum Gasteiger partial charge on any atom is -0.363 e. The summed E-state index contributed by atoms with van der Waals surface area (Å²) in [7, 11) is 0. The van der Waals surface area contributed by atoms with Gasteiger partial charge in [0, 0.05) is 16.7 Å². The first kappa shape index (κ1) is 14.2. The first-order valence-electron chi connectivity index (χ1n) is 7.41. The molecule has 1 atom stereocenters. The van der Waals surface area contributed by atoms with Gasteiger partial charge in [0.2, 0.25) is 0 Å². The normalized spacial score (nSPS) is 19.9. The Bertz CT molecular complexity index is 845. The molecule has 1 N–H and O–H groups in total. The summed E-state index contributed by atoms with van der Waals surface area (Å²) in [5.41, 5.74) is 1.50. The van der Waals surface area contributed by atoms with Crippen molar-refractivity contribution < 1.29 is 9.90 Å². The lowest BCUT2D eigenvalue weighted by Gasteiger charge is -2.34. The van der Waals surface area contributed by atoms with Crippen molar-refractivity contribution in [2.24, 2.45) is 0 Å². The number of hydrogen-bond donors (Lipinski definition) is 1. The molecule has 23 heavy (non-hydrogen) atoms. The van der Waals surface area contributed by atoms with E-state index in [0.717, 1.165) is 5.56 Å². The van der Waals surface area contributed by atoms with E-state index in [0.29, 0.717) is 23.2 Å². The van der Waals surface area contributed by atoms with Crippen molar-refractivity contribution in [2.45, 2.75) is 12.3 Å². The van der Waals surface area contributed by atoms with Crippen LogP contribution in [0.3, 0.4) is 0 Å².